The SMILES string of the molecule is CC1=N/C(=C/c2ccc(O)cc2)C(=O)N1CCN(C)C. The second-order valence-electron chi connectivity index (χ2n) is 5.04. The number of rotatable bonds is 4. The summed E-state index contributed by atoms with van der Waals surface area (Å²) in [4.78, 5) is 20.3. The minimum Gasteiger partial charge on any atom is -0.508 e. The number of phenols is 1. The van der Waals surface area contributed by atoms with Gasteiger partial charge in [-0.2, -0.15) is 0 Å². The summed E-state index contributed by atoms with van der Waals surface area (Å²) in [6.45, 7) is 3.27. The Morgan fingerprint density at radius 3 is 2.55 bits per heavy atom. The molecule has 0 bridgehead atoms. The van der Waals surface area contributed by atoms with Crippen molar-refractivity contribution in [1.82, 2.24) is 9.80 Å². The van der Waals surface area contributed by atoms with Gasteiger partial charge in [0.05, 0.1) is 0 Å². The number of phenolic OH excluding ortho intramolecular Hbond substituents is 1. The molecule has 1 heterocycles. The number of aliphatic imine (C=N–C) groups is 1. The van der Waals surface area contributed by atoms with E-state index in [-0.39, 0.29) is 11.7 Å². The molecule has 1 aliphatic heterocycles. The van der Waals surface area contributed by atoms with Crippen LogP contribution in [0.3, 0.4) is 0 Å². The van der Waals surface area contributed by atoms with Crippen LogP contribution < -0.4 is 0 Å². The number of likely N-dealkylation sites (N-methyl/N-ethyl adjacent to an activating group) is 1. The Labute approximate surface area is 118 Å². The van der Waals surface area contributed by atoms with E-state index in [0.717, 1.165) is 17.9 Å². The smallest absolute Gasteiger partial charge is 0.277 e. The molecule has 0 aromatic heterocycles. The number of hydrogen-bond acceptors (Lipinski definition) is 4. The van der Waals surface area contributed by atoms with Crippen molar-refractivity contribution in [1.29, 1.82) is 0 Å². The maximum atomic E-state index is 12.3. The molecule has 5 heteroatoms. The van der Waals surface area contributed by atoms with Gasteiger partial charge < -0.3 is 10.0 Å². The summed E-state index contributed by atoms with van der Waals surface area (Å²) in [5.74, 6) is 0.858. The number of aromatic hydroxyl groups is 1. The zero-order chi connectivity index (χ0) is 14.7. The topological polar surface area (TPSA) is 56.1 Å². The van der Waals surface area contributed by atoms with Crippen molar-refractivity contribution in [3.05, 3.63) is 35.5 Å². The molecule has 0 fully saturated rings. The number of amides is 1. The normalized spacial score (nSPS) is 17.2. The second-order valence-corrected chi connectivity index (χ2v) is 5.04. The van der Waals surface area contributed by atoms with Crippen LogP contribution in [0.4, 0.5) is 0 Å². The van der Waals surface area contributed by atoms with Gasteiger partial charge in [-0.25, -0.2) is 4.99 Å². The van der Waals surface area contributed by atoms with Crippen molar-refractivity contribution in [3.8, 4) is 5.75 Å². The Kier molecular flexibility index (Phi) is 4.20. The Balaban J connectivity index is 2.15. The van der Waals surface area contributed by atoms with Crippen molar-refractivity contribution in [2.24, 2.45) is 4.99 Å². The fourth-order valence-electron chi connectivity index (χ4n) is 1.95. The molecule has 1 aromatic rings. The molecule has 1 aromatic carbocycles. The monoisotopic (exact) mass is 273 g/mol. The first kappa shape index (κ1) is 14.3. The minimum atomic E-state index is -0.0718. The van der Waals surface area contributed by atoms with Crippen LogP contribution in [0.15, 0.2) is 35.0 Å². The predicted molar refractivity (Wildman–Crippen MR) is 79.5 cm³/mol. The third kappa shape index (κ3) is 3.24. The largest absolute Gasteiger partial charge is 0.508 e. The highest BCUT2D eigenvalue weighted by Crippen LogP contribution is 2.19. The number of carbonyl (C=O) groups is 1. The molecule has 0 unspecified atom stereocenters. The quantitative estimate of drug-likeness (QED) is 0.847. The van der Waals surface area contributed by atoms with E-state index >= 15 is 0 Å². The Morgan fingerprint density at radius 1 is 1.30 bits per heavy atom. The van der Waals surface area contributed by atoms with Crippen molar-refractivity contribution in [2.75, 3.05) is 27.2 Å². The average molecular weight is 273 g/mol. The maximum absolute atomic E-state index is 12.3. The Hall–Kier alpha value is -2.14. The molecule has 106 valence electrons. The highest BCUT2D eigenvalue weighted by atomic mass is 16.3. The van der Waals surface area contributed by atoms with Gasteiger partial charge in [0.2, 0.25) is 0 Å². The first-order valence-corrected chi connectivity index (χ1v) is 6.50. The Morgan fingerprint density at radius 2 is 1.95 bits per heavy atom. The molecule has 1 amide bonds. The summed E-state index contributed by atoms with van der Waals surface area (Å²) in [5.41, 5.74) is 1.28. The van der Waals surface area contributed by atoms with Crippen LogP contribution in [0.5, 0.6) is 5.75 Å². The lowest BCUT2D eigenvalue weighted by Gasteiger charge is -2.18. The third-order valence-electron chi connectivity index (χ3n) is 3.10. The van der Waals surface area contributed by atoms with Gasteiger partial charge >= 0.3 is 0 Å². The van der Waals surface area contributed by atoms with E-state index in [4.69, 9.17) is 0 Å². The molecule has 20 heavy (non-hydrogen) atoms. The van der Waals surface area contributed by atoms with Crippen molar-refractivity contribution < 1.29 is 9.90 Å². The summed E-state index contributed by atoms with van der Waals surface area (Å²) in [5, 5.41) is 9.25. The lowest BCUT2D eigenvalue weighted by Crippen LogP contribution is -2.36. The van der Waals surface area contributed by atoms with Gasteiger partial charge in [-0.3, -0.25) is 9.69 Å². The molecule has 0 radical (unpaired) electrons. The summed E-state index contributed by atoms with van der Waals surface area (Å²) in [6, 6.07) is 6.68. The summed E-state index contributed by atoms with van der Waals surface area (Å²) < 4.78 is 0. The van der Waals surface area contributed by atoms with Crippen LogP contribution in [0.1, 0.15) is 12.5 Å². The molecule has 2 rings (SSSR count). The molecule has 0 saturated carbocycles. The van der Waals surface area contributed by atoms with E-state index in [1.54, 1.807) is 35.2 Å². The molecule has 1 aliphatic rings. The predicted octanol–water partition coefficient (Wildman–Crippen LogP) is 1.56. The summed E-state index contributed by atoms with van der Waals surface area (Å²) >= 11 is 0. The van der Waals surface area contributed by atoms with Gasteiger partial charge in [0.1, 0.15) is 17.3 Å². The standard InChI is InChI=1S/C15H19N3O2/c1-11-16-14(10-12-4-6-13(19)7-5-12)15(20)18(11)9-8-17(2)3/h4-7,10,19H,8-9H2,1-3H3/b14-10+. The van der Waals surface area contributed by atoms with Crippen molar-refractivity contribution in [2.45, 2.75) is 6.92 Å². The van der Waals surface area contributed by atoms with E-state index in [0.29, 0.717) is 12.2 Å². The van der Waals surface area contributed by atoms with Gasteiger partial charge in [-0.15, -0.1) is 0 Å². The van der Waals surface area contributed by atoms with Gasteiger partial charge in [0.25, 0.3) is 5.91 Å². The number of carbonyl (C=O) groups excluding carboxylic acids is 1. The second kappa shape index (κ2) is 5.88. The van der Waals surface area contributed by atoms with E-state index < -0.39 is 0 Å². The van der Waals surface area contributed by atoms with E-state index in [1.807, 2.05) is 25.9 Å². The third-order valence-corrected chi connectivity index (χ3v) is 3.10. The number of benzene rings is 1. The van der Waals surface area contributed by atoms with Gasteiger partial charge in [0, 0.05) is 13.1 Å². The lowest BCUT2D eigenvalue weighted by atomic mass is 10.2. The maximum Gasteiger partial charge on any atom is 0.277 e. The van der Waals surface area contributed by atoms with Crippen molar-refractivity contribution >= 4 is 17.8 Å². The van der Waals surface area contributed by atoms with Crippen LogP contribution in [0, 0.1) is 0 Å². The zero-order valence-corrected chi connectivity index (χ0v) is 12.0. The van der Waals surface area contributed by atoms with Crippen LogP contribution >= 0.6 is 0 Å². The van der Waals surface area contributed by atoms with Gasteiger partial charge in [-0.1, -0.05) is 12.1 Å². The number of amidine groups is 1. The van der Waals surface area contributed by atoms with Crippen molar-refractivity contribution in [3.63, 3.8) is 0 Å². The van der Waals surface area contributed by atoms with Crippen LogP contribution in [-0.2, 0) is 4.79 Å². The highest BCUT2D eigenvalue weighted by molar-refractivity contribution is 6.13. The number of hydrogen-bond donors (Lipinski definition) is 1. The molecule has 0 spiro atoms. The fourth-order valence-corrected chi connectivity index (χ4v) is 1.95. The van der Waals surface area contributed by atoms with Crippen LogP contribution in [-0.4, -0.2) is 53.8 Å². The molecule has 5 nitrogen and oxygen atoms in total. The molecular formula is C15H19N3O2. The van der Waals surface area contributed by atoms with Crippen LogP contribution in [0.25, 0.3) is 6.08 Å². The average Bonchev–Trinajstić information content (AvgIpc) is 2.65. The van der Waals surface area contributed by atoms with E-state index in [9.17, 15) is 9.90 Å². The summed E-state index contributed by atoms with van der Waals surface area (Å²) in [6.07, 6.45) is 1.74. The van der Waals surface area contributed by atoms with E-state index in [1.165, 1.54) is 0 Å². The van der Waals surface area contributed by atoms with Gasteiger partial charge in [-0.05, 0) is 44.8 Å². The molecule has 1 N–H and O–H groups in total. The molecule has 0 saturated heterocycles. The summed E-state index contributed by atoms with van der Waals surface area (Å²) in [7, 11) is 3.94. The van der Waals surface area contributed by atoms with Gasteiger partial charge in [0.15, 0.2) is 0 Å². The zero-order valence-electron chi connectivity index (χ0n) is 12.0. The first-order chi connectivity index (χ1) is 9.47. The fraction of sp³-hybridized carbons (Fsp3) is 0.333. The first-order valence-electron chi connectivity index (χ1n) is 6.50. The molecule has 0 atom stereocenters. The lowest BCUT2D eigenvalue weighted by molar-refractivity contribution is -0.122. The Bertz CT molecular complexity index is 559. The van der Waals surface area contributed by atoms with E-state index in [2.05, 4.69) is 4.99 Å². The molecule has 0 aliphatic carbocycles. The van der Waals surface area contributed by atoms with Crippen LogP contribution in [0.2, 0.25) is 0 Å². The number of nitrogens with zero attached hydrogens (tertiary/aromatic N) is 3. The minimum absolute atomic E-state index is 0.0718. The highest BCUT2D eigenvalue weighted by Gasteiger charge is 2.26. The molecular weight excluding hydrogens is 254 g/mol.